The van der Waals surface area contributed by atoms with Crippen LogP contribution in [0.5, 0.6) is 0 Å². The number of amidine groups is 1. The molecule has 0 spiro atoms. The van der Waals surface area contributed by atoms with Crippen molar-refractivity contribution in [2.24, 2.45) is 0 Å². The van der Waals surface area contributed by atoms with Gasteiger partial charge in [0.1, 0.15) is 0 Å². The Labute approximate surface area is 63.7 Å². The minimum Gasteiger partial charge on any atom is -0.364 e. The largest absolute Gasteiger partial charge is 0.364 e. The summed E-state index contributed by atoms with van der Waals surface area (Å²) in [6.07, 6.45) is 3.46. The molecule has 2 nitrogen and oxygen atoms in total. The zero-order chi connectivity index (χ0) is 7.98. The van der Waals surface area contributed by atoms with Crippen LogP contribution in [0.1, 0.15) is 33.1 Å². The lowest BCUT2D eigenvalue weighted by Gasteiger charge is -2.24. The van der Waals surface area contributed by atoms with Gasteiger partial charge in [0, 0.05) is 20.0 Å². The van der Waals surface area contributed by atoms with E-state index in [-0.39, 0.29) is 0 Å². The van der Waals surface area contributed by atoms with Crippen LogP contribution in [0.15, 0.2) is 0 Å². The summed E-state index contributed by atoms with van der Waals surface area (Å²) in [5, 5.41) is 7.32. The van der Waals surface area contributed by atoms with Gasteiger partial charge in [0.15, 0.2) is 0 Å². The summed E-state index contributed by atoms with van der Waals surface area (Å²) in [5.41, 5.74) is 0. The molecule has 60 valence electrons. The van der Waals surface area contributed by atoms with E-state index in [1.54, 1.807) is 0 Å². The van der Waals surface area contributed by atoms with E-state index >= 15 is 0 Å². The smallest absolute Gasteiger partial charge is 0.0955 e. The molecular weight excluding hydrogens is 124 g/mol. The number of hydrogen-bond donors (Lipinski definition) is 1. The van der Waals surface area contributed by atoms with Crippen molar-refractivity contribution in [2.45, 2.75) is 33.1 Å². The molecule has 0 radical (unpaired) electrons. The Morgan fingerprint density at radius 1 is 1.30 bits per heavy atom. The third kappa shape index (κ3) is 2.85. The molecule has 0 aromatic heterocycles. The molecule has 0 bridgehead atoms. The van der Waals surface area contributed by atoms with E-state index in [2.05, 4.69) is 0 Å². The quantitative estimate of drug-likeness (QED) is 0.551. The first-order valence-corrected chi connectivity index (χ1v) is 4.09. The first kappa shape index (κ1) is 9.47. The van der Waals surface area contributed by atoms with E-state index < -0.39 is 0 Å². The van der Waals surface area contributed by atoms with E-state index in [0.717, 1.165) is 18.8 Å². The number of nitrogens with one attached hydrogen (secondary N) is 1. The predicted octanol–water partition coefficient (Wildman–Crippen LogP) is 2.11. The van der Waals surface area contributed by atoms with E-state index in [9.17, 15) is 0 Å². The molecular formula is C8H18N2. The van der Waals surface area contributed by atoms with Gasteiger partial charge in [-0.05, 0) is 12.8 Å². The van der Waals surface area contributed by atoms with Crippen LogP contribution in [-0.4, -0.2) is 24.3 Å². The highest BCUT2D eigenvalue weighted by molar-refractivity contribution is 5.79. The highest BCUT2D eigenvalue weighted by atomic mass is 15.1. The predicted molar refractivity (Wildman–Crippen MR) is 45.6 cm³/mol. The van der Waals surface area contributed by atoms with E-state index in [1.807, 2.05) is 25.8 Å². The fourth-order valence-corrected chi connectivity index (χ4v) is 0.967. The van der Waals surface area contributed by atoms with Crippen LogP contribution in [0.2, 0.25) is 0 Å². The summed E-state index contributed by atoms with van der Waals surface area (Å²) in [4.78, 5) is 2.02. The molecule has 0 saturated carbocycles. The SMILES string of the molecule is CC.CN1CCCCC1=N. The number of nitrogens with zero attached hydrogens (tertiary/aromatic N) is 1. The second kappa shape index (κ2) is 5.27. The lowest BCUT2D eigenvalue weighted by Crippen LogP contribution is -2.30. The molecule has 1 aliphatic rings. The van der Waals surface area contributed by atoms with Gasteiger partial charge in [-0.15, -0.1) is 0 Å². The summed E-state index contributed by atoms with van der Waals surface area (Å²) in [6.45, 7) is 5.08. The first-order chi connectivity index (χ1) is 4.80. The monoisotopic (exact) mass is 142 g/mol. The standard InChI is InChI=1S/C6H12N2.C2H6/c1-8-5-3-2-4-6(8)7;1-2/h7H,2-5H2,1H3;1-2H3. The topological polar surface area (TPSA) is 27.1 Å². The van der Waals surface area contributed by atoms with Gasteiger partial charge in [0.2, 0.25) is 0 Å². The molecule has 1 rings (SSSR count). The molecule has 0 amide bonds. The molecule has 1 N–H and O–H groups in total. The van der Waals surface area contributed by atoms with E-state index in [1.165, 1.54) is 12.8 Å². The second-order valence-electron chi connectivity index (χ2n) is 2.33. The van der Waals surface area contributed by atoms with Gasteiger partial charge in [0.25, 0.3) is 0 Å². The van der Waals surface area contributed by atoms with Crippen LogP contribution < -0.4 is 0 Å². The molecule has 2 heteroatoms. The average molecular weight is 142 g/mol. The van der Waals surface area contributed by atoms with Gasteiger partial charge in [-0.25, -0.2) is 0 Å². The van der Waals surface area contributed by atoms with Crippen molar-refractivity contribution in [1.29, 1.82) is 5.41 Å². The van der Waals surface area contributed by atoms with Gasteiger partial charge < -0.3 is 4.90 Å². The molecule has 0 aromatic rings. The Bertz CT molecular complexity index is 99.4. The highest BCUT2D eigenvalue weighted by Gasteiger charge is 2.08. The molecule has 1 aliphatic heterocycles. The fraction of sp³-hybridized carbons (Fsp3) is 0.875. The summed E-state index contributed by atoms with van der Waals surface area (Å²) >= 11 is 0. The molecule has 0 aromatic carbocycles. The van der Waals surface area contributed by atoms with E-state index in [0.29, 0.717) is 0 Å². The van der Waals surface area contributed by atoms with Crippen molar-refractivity contribution in [1.82, 2.24) is 4.90 Å². The van der Waals surface area contributed by atoms with Gasteiger partial charge in [-0.1, -0.05) is 13.8 Å². The minimum atomic E-state index is 0.802. The summed E-state index contributed by atoms with van der Waals surface area (Å²) < 4.78 is 0. The van der Waals surface area contributed by atoms with Gasteiger partial charge in [-0.2, -0.15) is 0 Å². The van der Waals surface area contributed by atoms with Crippen molar-refractivity contribution in [2.75, 3.05) is 13.6 Å². The minimum absolute atomic E-state index is 0.802. The maximum Gasteiger partial charge on any atom is 0.0955 e. The number of piperidine rings is 1. The number of rotatable bonds is 0. The Morgan fingerprint density at radius 2 is 1.90 bits per heavy atom. The van der Waals surface area contributed by atoms with Crippen LogP contribution in [0.25, 0.3) is 0 Å². The van der Waals surface area contributed by atoms with E-state index in [4.69, 9.17) is 5.41 Å². The normalized spacial score (nSPS) is 17.9. The number of likely N-dealkylation sites (tertiary alicyclic amines) is 1. The van der Waals surface area contributed by atoms with Crippen molar-refractivity contribution in [3.8, 4) is 0 Å². The molecule has 10 heavy (non-hydrogen) atoms. The van der Waals surface area contributed by atoms with Crippen LogP contribution in [-0.2, 0) is 0 Å². The molecule has 1 fully saturated rings. The van der Waals surface area contributed by atoms with Crippen LogP contribution >= 0.6 is 0 Å². The zero-order valence-electron chi connectivity index (χ0n) is 7.28. The number of hydrogen-bond acceptors (Lipinski definition) is 1. The average Bonchev–Trinajstić information content (AvgIpc) is 2.00. The van der Waals surface area contributed by atoms with Crippen LogP contribution in [0.4, 0.5) is 0 Å². The Hall–Kier alpha value is -0.530. The zero-order valence-corrected chi connectivity index (χ0v) is 7.28. The third-order valence-electron chi connectivity index (χ3n) is 1.62. The molecule has 1 saturated heterocycles. The summed E-state index contributed by atoms with van der Waals surface area (Å²) in [7, 11) is 1.99. The third-order valence-corrected chi connectivity index (χ3v) is 1.62. The lowest BCUT2D eigenvalue weighted by atomic mass is 10.1. The second-order valence-corrected chi connectivity index (χ2v) is 2.33. The molecule has 0 aliphatic carbocycles. The summed E-state index contributed by atoms with van der Waals surface area (Å²) in [6, 6.07) is 0. The Morgan fingerprint density at radius 3 is 2.20 bits per heavy atom. The van der Waals surface area contributed by atoms with Crippen molar-refractivity contribution >= 4 is 5.84 Å². The summed E-state index contributed by atoms with van der Waals surface area (Å²) in [5.74, 6) is 0.802. The Kier molecular flexibility index (Phi) is 4.99. The van der Waals surface area contributed by atoms with Gasteiger partial charge >= 0.3 is 0 Å². The van der Waals surface area contributed by atoms with Gasteiger partial charge in [-0.3, -0.25) is 5.41 Å². The molecule has 1 heterocycles. The fourth-order valence-electron chi connectivity index (χ4n) is 0.967. The van der Waals surface area contributed by atoms with Gasteiger partial charge in [0.05, 0.1) is 5.84 Å². The molecule has 0 unspecified atom stereocenters. The first-order valence-electron chi connectivity index (χ1n) is 4.09. The Balaban J connectivity index is 0.000000371. The van der Waals surface area contributed by atoms with Crippen molar-refractivity contribution in [3.63, 3.8) is 0 Å². The van der Waals surface area contributed by atoms with Crippen molar-refractivity contribution < 1.29 is 0 Å². The lowest BCUT2D eigenvalue weighted by molar-refractivity contribution is 0.431. The maximum atomic E-state index is 7.32. The van der Waals surface area contributed by atoms with Crippen LogP contribution in [0.3, 0.4) is 0 Å². The molecule has 0 atom stereocenters. The van der Waals surface area contributed by atoms with Crippen LogP contribution in [0, 0.1) is 5.41 Å². The maximum absolute atomic E-state index is 7.32. The highest BCUT2D eigenvalue weighted by Crippen LogP contribution is 2.07. The van der Waals surface area contributed by atoms with Crippen molar-refractivity contribution in [3.05, 3.63) is 0 Å².